The lowest BCUT2D eigenvalue weighted by atomic mass is 9.90. The fourth-order valence-corrected chi connectivity index (χ4v) is 5.95. The van der Waals surface area contributed by atoms with Crippen LogP contribution in [0.4, 0.5) is 0 Å². The van der Waals surface area contributed by atoms with Gasteiger partial charge in [-0.3, -0.25) is 4.79 Å². The van der Waals surface area contributed by atoms with E-state index in [9.17, 15) is 4.79 Å². The summed E-state index contributed by atoms with van der Waals surface area (Å²) in [6.45, 7) is 25.1. The van der Waals surface area contributed by atoms with Crippen LogP contribution in [0.3, 0.4) is 0 Å². The number of carbonyl (C=O) groups excluding carboxylic acids is 1. The van der Waals surface area contributed by atoms with E-state index in [1.807, 2.05) is 0 Å². The number of nitrogens with zero attached hydrogens (tertiary/aromatic N) is 1. The SMILES string of the molecule is CC(C)(C)[Si](C)(C)OCCC1=C(CCO[Si](C)(C)C(C)(C)C)C(=O)N2CCCC2C1. The third-order valence-electron chi connectivity index (χ3n) is 8.10. The Morgan fingerprint density at radius 1 is 0.900 bits per heavy atom. The van der Waals surface area contributed by atoms with Crippen LogP contribution in [0.5, 0.6) is 0 Å². The Labute approximate surface area is 188 Å². The molecule has 1 unspecified atom stereocenters. The molecule has 1 atom stereocenters. The summed E-state index contributed by atoms with van der Waals surface area (Å²) in [6.07, 6.45) is 4.94. The number of fused-ring (bicyclic) bond motifs is 1. The van der Waals surface area contributed by atoms with Crippen molar-refractivity contribution in [3.05, 3.63) is 11.1 Å². The van der Waals surface area contributed by atoms with Crippen molar-refractivity contribution in [1.29, 1.82) is 0 Å². The van der Waals surface area contributed by atoms with E-state index < -0.39 is 16.6 Å². The molecule has 0 bridgehead atoms. The van der Waals surface area contributed by atoms with Crippen molar-refractivity contribution in [2.75, 3.05) is 19.8 Å². The van der Waals surface area contributed by atoms with Crippen LogP contribution in [0.1, 0.15) is 73.6 Å². The molecule has 0 aromatic rings. The van der Waals surface area contributed by atoms with Gasteiger partial charge in [-0.15, -0.1) is 0 Å². The Balaban J connectivity index is 2.10. The number of amides is 1. The monoisotopic (exact) mass is 453 g/mol. The van der Waals surface area contributed by atoms with Gasteiger partial charge in [0.1, 0.15) is 0 Å². The fourth-order valence-electron chi connectivity index (χ4n) is 3.85. The summed E-state index contributed by atoms with van der Waals surface area (Å²) in [5.41, 5.74) is 2.35. The zero-order valence-corrected chi connectivity index (χ0v) is 23.4. The molecule has 0 aromatic carbocycles. The minimum absolute atomic E-state index is 0.192. The summed E-state index contributed by atoms with van der Waals surface area (Å²) in [4.78, 5) is 15.4. The molecule has 0 aliphatic carbocycles. The second kappa shape index (κ2) is 9.20. The Morgan fingerprint density at radius 2 is 1.40 bits per heavy atom. The zero-order valence-electron chi connectivity index (χ0n) is 21.4. The van der Waals surface area contributed by atoms with Crippen LogP contribution in [-0.2, 0) is 13.6 Å². The van der Waals surface area contributed by atoms with Crippen LogP contribution in [0.15, 0.2) is 11.1 Å². The van der Waals surface area contributed by atoms with Crippen molar-refractivity contribution in [2.24, 2.45) is 0 Å². The molecule has 6 heteroatoms. The molecule has 174 valence electrons. The van der Waals surface area contributed by atoms with Gasteiger partial charge in [-0.05, 0) is 68.4 Å². The van der Waals surface area contributed by atoms with Gasteiger partial charge >= 0.3 is 0 Å². The molecule has 1 saturated heterocycles. The van der Waals surface area contributed by atoms with Crippen LogP contribution in [0, 0.1) is 0 Å². The highest BCUT2D eigenvalue weighted by molar-refractivity contribution is 6.74. The van der Waals surface area contributed by atoms with Gasteiger partial charge in [0, 0.05) is 31.4 Å². The summed E-state index contributed by atoms with van der Waals surface area (Å²) in [5.74, 6) is 0.268. The van der Waals surface area contributed by atoms with Crippen molar-refractivity contribution in [3.63, 3.8) is 0 Å². The van der Waals surface area contributed by atoms with E-state index in [-0.39, 0.29) is 16.0 Å². The fraction of sp³-hybridized carbons (Fsp3) is 0.875. The first-order chi connectivity index (χ1) is 13.6. The van der Waals surface area contributed by atoms with Crippen molar-refractivity contribution in [2.45, 2.75) is 116 Å². The maximum absolute atomic E-state index is 13.3. The maximum Gasteiger partial charge on any atom is 0.250 e. The summed E-state index contributed by atoms with van der Waals surface area (Å²) >= 11 is 0. The van der Waals surface area contributed by atoms with Crippen LogP contribution in [0.25, 0.3) is 0 Å². The normalized spacial score (nSPS) is 21.5. The quantitative estimate of drug-likeness (QED) is 0.394. The van der Waals surface area contributed by atoms with E-state index in [2.05, 4.69) is 72.6 Å². The zero-order chi connectivity index (χ0) is 23.0. The molecule has 0 radical (unpaired) electrons. The van der Waals surface area contributed by atoms with E-state index in [4.69, 9.17) is 8.85 Å². The first kappa shape index (κ1) is 25.8. The largest absolute Gasteiger partial charge is 0.417 e. The highest BCUT2D eigenvalue weighted by Gasteiger charge is 2.40. The number of carbonyl (C=O) groups is 1. The van der Waals surface area contributed by atoms with E-state index >= 15 is 0 Å². The lowest BCUT2D eigenvalue weighted by molar-refractivity contribution is -0.129. The maximum atomic E-state index is 13.3. The highest BCUT2D eigenvalue weighted by Crippen LogP contribution is 2.39. The third-order valence-corrected chi connectivity index (χ3v) is 17.2. The molecule has 0 N–H and O–H groups in total. The van der Waals surface area contributed by atoms with Gasteiger partial charge in [0.15, 0.2) is 16.6 Å². The van der Waals surface area contributed by atoms with Gasteiger partial charge in [-0.1, -0.05) is 47.1 Å². The molecular formula is C24H47NO3Si2. The van der Waals surface area contributed by atoms with Crippen LogP contribution >= 0.6 is 0 Å². The van der Waals surface area contributed by atoms with E-state index in [0.29, 0.717) is 12.6 Å². The van der Waals surface area contributed by atoms with Gasteiger partial charge in [0.05, 0.1) is 0 Å². The molecule has 4 nitrogen and oxygen atoms in total. The third kappa shape index (κ3) is 5.87. The molecule has 2 aliphatic rings. The first-order valence-corrected chi connectivity index (χ1v) is 17.7. The van der Waals surface area contributed by atoms with Gasteiger partial charge in [0.25, 0.3) is 0 Å². The highest BCUT2D eigenvalue weighted by atomic mass is 28.4. The van der Waals surface area contributed by atoms with Gasteiger partial charge in [-0.25, -0.2) is 0 Å². The number of rotatable bonds is 8. The predicted molar refractivity (Wildman–Crippen MR) is 132 cm³/mol. The summed E-state index contributed by atoms with van der Waals surface area (Å²) in [7, 11) is -3.56. The lowest BCUT2D eigenvalue weighted by Crippen LogP contribution is -2.43. The van der Waals surface area contributed by atoms with Gasteiger partial charge in [-0.2, -0.15) is 0 Å². The molecule has 1 fully saturated rings. The molecule has 0 saturated carbocycles. The topological polar surface area (TPSA) is 38.8 Å². The van der Waals surface area contributed by atoms with E-state index in [1.54, 1.807) is 0 Å². The van der Waals surface area contributed by atoms with Gasteiger partial charge < -0.3 is 13.8 Å². The van der Waals surface area contributed by atoms with Crippen LogP contribution < -0.4 is 0 Å². The summed E-state index contributed by atoms with van der Waals surface area (Å²) < 4.78 is 12.9. The van der Waals surface area contributed by atoms with Crippen LogP contribution in [-0.4, -0.2) is 53.2 Å². The molecule has 1 amide bonds. The van der Waals surface area contributed by atoms with Crippen molar-refractivity contribution < 1.29 is 13.6 Å². The Hall–Kier alpha value is -0.436. The number of hydrogen-bond acceptors (Lipinski definition) is 3. The second-order valence-corrected chi connectivity index (χ2v) is 21.9. The predicted octanol–water partition coefficient (Wildman–Crippen LogP) is 6.50. The standard InChI is InChI=1S/C24H47NO3Si2/c1-23(2,3)29(7,8)27-16-13-19-18-20-12-11-15-25(20)22(26)21(19)14-17-28-30(9,10)24(4,5)6/h20H,11-18H2,1-10H3. The Kier molecular flexibility index (Phi) is 7.92. The van der Waals surface area contributed by atoms with Crippen LogP contribution in [0.2, 0.25) is 36.3 Å². The van der Waals surface area contributed by atoms with Crippen molar-refractivity contribution >= 4 is 22.5 Å². The first-order valence-electron chi connectivity index (χ1n) is 11.9. The van der Waals surface area contributed by atoms with Crippen molar-refractivity contribution in [1.82, 2.24) is 4.90 Å². The Bertz CT molecular complexity index is 656. The molecule has 2 heterocycles. The molecule has 30 heavy (non-hydrogen) atoms. The second-order valence-electron chi connectivity index (χ2n) is 12.3. The minimum atomic E-state index is -1.80. The average Bonchev–Trinajstić information content (AvgIpc) is 3.04. The molecule has 0 aromatic heterocycles. The van der Waals surface area contributed by atoms with E-state index in [0.717, 1.165) is 50.8 Å². The molecular weight excluding hydrogens is 406 g/mol. The number of hydrogen-bond donors (Lipinski definition) is 0. The summed E-state index contributed by atoms with van der Waals surface area (Å²) in [6, 6.07) is 0.408. The molecule has 2 rings (SSSR count). The summed E-state index contributed by atoms with van der Waals surface area (Å²) in [5, 5.41) is 0.406. The van der Waals surface area contributed by atoms with Gasteiger partial charge in [0.2, 0.25) is 5.91 Å². The van der Waals surface area contributed by atoms with Crippen molar-refractivity contribution in [3.8, 4) is 0 Å². The Morgan fingerprint density at radius 3 is 1.90 bits per heavy atom. The lowest BCUT2D eigenvalue weighted by Gasteiger charge is -2.38. The molecule has 0 spiro atoms. The van der Waals surface area contributed by atoms with E-state index in [1.165, 1.54) is 5.57 Å². The molecule has 2 aliphatic heterocycles. The smallest absolute Gasteiger partial charge is 0.250 e. The average molecular weight is 454 g/mol. The minimum Gasteiger partial charge on any atom is -0.417 e.